The lowest BCUT2D eigenvalue weighted by molar-refractivity contribution is -0.126. The lowest BCUT2D eigenvalue weighted by Gasteiger charge is -2.28. The van der Waals surface area contributed by atoms with Crippen molar-refractivity contribution in [2.75, 3.05) is 20.1 Å². The average Bonchev–Trinajstić information content (AvgIpc) is 2.91. The van der Waals surface area contributed by atoms with Crippen molar-refractivity contribution in [3.63, 3.8) is 0 Å². The number of amides is 1. The number of nitrogens with one attached hydrogen (secondary N) is 1. The first-order chi connectivity index (χ1) is 10.7. The lowest BCUT2D eigenvalue weighted by Crippen LogP contribution is -2.41. The van der Waals surface area contributed by atoms with Gasteiger partial charge in [-0.3, -0.25) is 9.48 Å². The molecule has 0 spiro atoms. The molecule has 1 aliphatic rings. The molecule has 1 aromatic heterocycles. The molecule has 1 aliphatic heterocycles. The number of para-hydroxylation sites is 1. The summed E-state index contributed by atoms with van der Waals surface area (Å²) in [5.74, 6) is 0.264. The molecule has 5 heteroatoms. The van der Waals surface area contributed by atoms with Crippen LogP contribution < -0.4 is 5.32 Å². The minimum Gasteiger partial charge on any atom is -0.350 e. The van der Waals surface area contributed by atoms with Gasteiger partial charge in [-0.25, -0.2) is 0 Å². The van der Waals surface area contributed by atoms with Crippen LogP contribution in [0.3, 0.4) is 0 Å². The molecule has 2 heterocycles. The van der Waals surface area contributed by atoms with E-state index in [1.807, 2.05) is 16.8 Å². The van der Waals surface area contributed by atoms with E-state index < -0.39 is 0 Å². The molecule has 1 N–H and O–H groups in total. The Morgan fingerprint density at radius 3 is 3.00 bits per heavy atom. The highest BCUT2D eigenvalue weighted by molar-refractivity contribution is 5.83. The molecule has 0 bridgehead atoms. The van der Waals surface area contributed by atoms with E-state index >= 15 is 0 Å². The van der Waals surface area contributed by atoms with Crippen molar-refractivity contribution in [1.82, 2.24) is 20.0 Å². The molecule has 3 rings (SSSR count). The minimum absolute atomic E-state index is 0.110. The van der Waals surface area contributed by atoms with Crippen LogP contribution in [0.5, 0.6) is 0 Å². The van der Waals surface area contributed by atoms with E-state index in [0.29, 0.717) is 6.54 Å². The first kappa shape index (κ1) is 15.0. The van der Waals surface area contributed by atoms with Gasteiger partial charge >= 0.3 is 0 Å². The van der Waals surface area contributed by atoms with E-state index in [-0.39, 0.29) is 11.8 Å². The first-order valence-corrected chi connectivity index (χ1v) is 8.09. The zero-order valence-corrected chi connectivity index (χ0v) is 13.4. The summed E-state index contributed by atoms with van der Waals surface area (Å²) in [4.78, 5) is 14.6. The number of piperidine rings is 1. The monoisotopic (exact) mass is 300 g/mol. The Balaban J connectivity index is 1.70. The van der Waals surface area contributed by atoms with Gasteiger partial charge in [0.25, 0.3) is 0 Å². The van der Waals surface area contributed by atoms with Crippen molar-refractivity contribution >= 4 is 16.8 Å². The number of nitrogens with zero attached hydrogens (tertiary/aromatic N) is 3. The number of likely N-dealkylation sites (tertiary alicyclic amines) is 1. The third-order valence-electron chi connectivity index (χ3n) is 4.46. The van der Waals surface area contributed by atoms with Gasteiger partial charge in [-0.2, -0.15) is 5.10 Å². The zero-order chi connectivity index (χ0) is 15.5. The maximum atomic E-state index is 12.4. The molecule has 22 heavy (non-hydrogen) atoms. The third kappa shape index (κ3) is 2.99. The molecule has 1 atom stereocenters. The first-order valence-electron chi connectivity index (χ1n) is 8.09. The highest BCUT2D eigenvalue weighted by atomic mass is 16.1. The number of carbonyl (C=O) groups excluding carboxylic acids is 1. The Morgan fingerprint density at radius 1 is 1.41 bits per heavy atom. The summed E-state index contributed by atoms with van der Waals surface area (Å²) < 4.78 is 1.99. The van der Waals surface area contributed by atoms with E-state index in [1.54, 1.807) is 0 Å². The van der Waals surface area contributed by atoms with Gasteiger partial charge in [0.2, 0.25) is 5.91 Å². The van der Waals surface area contributed by atoms with Gasteiger partial charge in [-0.15, -0.1) is 0 Å². The molecule has 1 amide bonds. The minimum atomic E-state index is 0.110. The molecule has 1 saturated heterocycles. The predicted octanol–water partition coefficient (Wildman–Crippen LogP) is 2.01. The number of aromatic nitrogens is 2. The summed E-state index contributed by atoms with van der Waals surface area (Å²) in [7, 11) is 2.08. The van der Waals surface area contributed by atoms with Crippen molar-refractivity contribution in [3.05, 3.63) is 30.0 Å². The van der Waals surface area contributed by atoms with E-state index in [2.05, 4.69) is 41.4 Å². The highest BCUT2D eigenvalue weighted by Crippen LogP contribution is 2.19. The zero-order valence-electron chi connectivity index (χ0n) is 13.4. The van der Waals surface area contributed by atoms with E-state index in [4.69, 9.17) is 0 Å². The summed E-state index contributed by atoms with van der Waals surface area (Å²) >= 11 is 0. The van der Waals surface area contributed by atoms with Gasteiger partial charge in [0.15, 0.2) is 0 Å². The Morgan fingerprint density at radius 2 is 2.23 bits per heavy atom. The maximum Gasteiger partial charge on any atom is 0.224 e. The van der Waals surface area contributed by atoms with Gasteiger partial charge < -0.3 is 10.2 Å². The molecule has 118 valence electrons. The molecule has 5 nitrogen and oxygen atoms in total. The molecule has 1 fully saturated rings. The topological polar surface area (TPSA) is 50.2 Å². The summed E-state index contributed by atoms with van der Waals surface area (Å²) in [6.45, 7) is 5.37. The molecule has 0 radical (unpaired) electrons. The molecule has 1 aromatic carbocycles. The molecular formula is C17H24N4O. The van der Waals surface area contributed by atoms with Crippen molar-refractivity contribution < 1.29 is 4.79 Å². The number of rotatable bonds is 4. The molecule has 2 aromatic rings. The quantitative estimate of drug-likeness (QED) is 0.940. The number of carbonyl (C=O) groups is 1. The van der Waals surface area contributed by atoms with Crippen LogP contribution in [0.2, 0.25) is 0 Å². The summed E-state index contributed by atoms with van der Waals surface area (Å²) in [5.41, 5.74) is 2.08. The van der Waals surface area contributed by atoms with Crippen LogP contribution in [0.1, 0.15) is 25.5 Å². The summed E-state index contributed by atoms with van der Waals surface area (Å²) in [6.07, 6.45) is 2.09. The number of aryl methyl sites for hydroxylation is 1. The summed E-state index contributed by atoms with van der Waals surface area (Å²) in [5, 5.41) is 8.84. The third-order valence-corrected chi connectivity index (χ3v) is 4.46. The van der Waals surface area contributed by atoms with Crippen LogP contribution >= 0.6 is 0 Å². The standard InChI is InChI=1S/C17H24N4O/c1-3-21-16-9-5-4-8-14(16)15(19-21)11-18-17(22)13-7-6-10-20(2)12-13/h4-5,8-9,13H,3,6-7,10-12H2,1-2H3,(H,18,22). The second kappa shape index (κ2) is 6.48. The van der Waals surface area contributed by atoms with Crippen molar-refractivity contribution in [1.29, 1.82) is 0 Å². The molecular weight excluding hydrogens is 276 g/mol. The van der Waals surface area contributed by atoms with Crippen LogP contribution in [-0.4, -0.2) is 40.7 Å². The van der Waals surface area contributed by atoms with Gasteiger partial charge in [0, 0.05) is 18.5 Å². The Labute approximate surface area is 131 Å². The van der Waals surface area contributed by atoms with Crippen LogP contribution in [0.4, 0.5) is 0 Å². The Bertz CT molecular complexity index is 664. The highest BCUT2D eigenvalue weighted by Gasteiger charge is 2.24. The van der Waals surface area contributed by atoms with E-state index in [1.165, 1.54) is 0 Å². The second-order valence-corrected chi connectivity index (χ2v) is 6.10. The normalized spacial score (nSPS) is 19.5. The fraction of sp³-hybridized carbons (Fsp3) is 0.529. The van der Waals surface area contributed by atoms with Crippen molar-refractivity contribution in [3.8, 4) is 0 Å². The molecule has 0 aliphatic carbocycles. The molecule has 0 saturated carbocycles. The van der Waals surface area contributed by atoms with E-state index in [0.717, 1.165) is 49.1 Å². The van der Waals surface area contributed by atoms with Gasteiger partial charge in [0.1, 0.15) is 0 Å². The van der Waals surface area contributed by atoms with Crippen molar-refractivity contribution in [2.24, 2.45) is 5.92 Å². The number of benzene rings is 1. The van der Waals surface area contributed by atoms with Gasteiger partial charge in [-0.05, 0) is 39.4 Å². The smallest absolute Gasteiger partial charge is 0.224 e. The molecule has 1 unspecified atom stereocenters. The Hall–Kier alpha value is -1.88. The lowest BCUT2D eigenvalue weighted by atomic mass is 9.97. The average molecular weight is 300 g/mol. The van der Waals surface area contributed by atoms with Gasteiger partial charge in [-0.1, -0.05) is 18.2 Å². The maximum absolute atomic E-state index is 12.4. The number of fused-ring (bicyclic) bond motifs is 1. The largest absolute Gasteiger partial charge is 0.350 e. The second-order valence-electron chi connectivity index (χ2n) is 6.10. The van der Waals surface area contributed by atoms with Crippen LogP contribution in [0.15, 0.2) is 24.3 Å². The summed E-state index contributed by atoms with van der Waals surface area (Å²) in [6, 6.07) is 8.19. The van der Waals surface area contributed by atoms with Crippen LogP contribution in [0, 0.1) is 5.92 Å². The predicted molar refractivity (Wildman–Crippen MR) is 87.5 cm³/mol. The number of hydrogen-bond acceptors (Lipinski definition) is 3. The number of hydrogen-bond donors (Lipinski definition) is 1. The van der Waals surface area contributed by atoms with Gasteiger partial charge in [0.05, 0.1) is 23.7 Å². The SMILES string of the molecule is CCn1nc(CNC(=O)C2CCCN(C)C2)c2ccccc21. The van der Waals surface area contributed by atoms with E-state index in [9.17, 15) is 4.79 Å². The van der Waals surface area contributed by atoms with Crippen molar-refractivity contribution in [2.45, 2.75) is 32.9 Å². The fourth-order valence-corrected chi connectivity index (χ4v) is 3.26. The fourth-order valence-electron chi connectivity index (χ4n) is 3.26. The van der Waals surface area contributed by atoms with Crippen LogP contribution in [0.25, 0.3) is 10.9 Å². The Kier molecular flexibility index (Phi) is 4.43. The van der Waals surface area contributed by atoms with Crippen LogP contribution in [-0.2, 0) is 17.9 Å².